The number of benzene rings is 2. The predicted molar refractivity (Wildman–Crippen MR) is 141 cm³/mol. The van der Waals surface area contributed by atoms with Gasteiger partial charge in [-0.3, -0.25) is 0 Å². The summed E-state index contributed by atoms with van der Waals surface area (Å²) in [6.07, 6.45) is 5.11. The molecule has 1 aliphatic rings. The van der Waals surface area contributed by atoms with Crippen LogP contribution < -0.4 is 5.32 Å². The summed E-state index contributed by atoms with van der Waals surface area (Å²) >= 11 is 0. The number of rotatable bonds is 11. The molecule has 1 fully saturated rings. The highest BCUT2D eigenvalue weighted by atomic mass is 19.1. The van der Waals surface area contributed by atoms with E-state index in [-0.39, 0.29) is 5.82 Å². The second-order valence-electron chi connectivity index (χ2n) is 9.80. The Balaban J connectivity index is 1.61. The Kier molecular flexibility index (Phi) is 9.46. The van der Waals surface area contributed by atoms with Gasteiger partial charge in [-0.25, -0.2) is 8.78 Å². The summed E-state index contributed by atoms with van der Waals surface area (Å²) in [6, 6.07) is 13.1. The van der Waals surface area contributed by atoms with Crippen LogP contribution in [0.3, 0.4) is 0 Å². The molecule has 2 aromatic carbocycles. The first kappa shape index (κ1) is 26.9. The molecule has 0 aliphatic carbocycles. The minimum absolute atomic E-state index is 0.326. The quantitative estimate of drug-likeness (QED) is 0.373. The number of nitrogens with one attached hydrogen (secondary N) is 1. The molecule has 0 saturated carbocycles. The summed E-state index contributed by atoms with van der Waals surface area (Å²) in [5.41, 5.74) is 3.14. The first-order valence-corrected chi connectivity index (χ1v) is 13.0. The molecule has 3 rings (SSSR count). The van der Waals surface area contributed by atoms with Crippen molar-refractivity contribution in [2.24, 2.45) is 5.92 Å². The van der Waals surface area contributed by atoms with Crippen LogP contribution in [-0.4, -0.2) is 36.7 Å². The van der Waals surface area contributed by atoms with Gasteiger partial charge in [-0.05, 0) is 93.3 Å². The maximum absolute atomic E-state index is 14.9. The van der Waals surface area contributed by atoms with Gasteiger partial charge in [-0.1, -0.05) is 44.7 Å². The number of aryl methyl sites for hydroxylation is 1. The summed E-state index contributed by atoms with van der Waals surface area (Å²) in [4.78, 5) is 2.27. The topological polar surface area (TPSA) is 39.1 Å². The Morgan fingerprint density at radius 2 is 1.86 bits per heavy atom. The second kappa shape index (κ2) is 12.3. The predicted octanol–water partition coefficient (Wildman–Crippen LogP) is 7.12. The van der Waals surface area contributed by atoms with Gasteiger partial charge >= 0.3 is 0 Å². The van der Waals surface area contributed by atoms with Crippen LogP contribution >= 0.6 is 0 Å². The van der Waals surface area contributed by atoms with Crippen LogP contribution in [0.5, 0.6) is 0 Å². The number of hydrogen-bond donors (Lipinski definition) is 1. The van der Waals surface area contributed by atoms with Crippen molar-refractivity contribution in [3.63, 3.8) is 0 Å². The molecule has 0 unspecified atom stereocenters. The van der Waals surface area contributed by atoms with Crippen LogP contribution in [0, 0.1) is 23.1 Å². The lowest BCUT2D eigenvalue weighted by atomic mass is 9.88. The molecule has 0 spiro atoms. The van der Waals surface area contributed by atoms with Gasteiger partial charge in [-0.2, -0.15) is 5.26 Å². The number of halogens is 2. The number of nitriles is 1. The van der Waals surface area contributed by atoms with Crippen molar-refractivity contribution >= 4 is 5.70 Å². The first-order valence-electron chi connectivity index (χ1n) is 13.0. The normalized spacial score (nSPS) is 15.1. The van der Waals surface area contributed by atoms with Crippen molar-refractivity contribution in [2.75, 3.05) is 26.2 Å². The van der Waals surface area contributed by atoms with Crippen LogP contribution in [0.25, 0.3) is 16.8 Å². The zero-order chi connectivity index (χ0) is 25.4. The summed E-state index contributed by atoms with van der Waals surface area (Å²) < 4.78 is 29.6. The second-order valence-corrected chi connectivity index (χ2v) is 9.80. The lowest BCUT2D eigenvalue weighted by Crippen LogP contribution is -2.43. The van der Waals surface area contributed by atoms with E-state index in [9.17, 15) is 14.0 Å². The van der Waals surface area contributed by atoms with E-state index in [1.807, 2.05) is 39.0 Å². The van der Waals surface area contributed by atoms with Crippen LogP contribution in [0.1, 0.15) is 69.6 Å². The molecule has 3 nitrogen and oxygen atoms in total. The molecule has 2 aromatic rings. The van der Waals surface area contributed by atoms with Crippen molar-refractivity contribution in [3.8, 4) is 17.2 Å². The van der Waals surface area contributed by atoms with Gasteiger partial charge in [0.2, 0.25) is 0 Å². The molecular weight excluding hydrogens is 440 g/mol. The average Bonchev–Trinajstić information content (AvgIpc) is 2.88. The van der Waals surface area contributed by atoms with E-state index in [2.05, 4.69) is 22.9 Å². The number of hydrogen-bond acceptors (Lipinski definition) is 3. The lowest BCUT2D eigenvalue weighted by molar-refractivity contribution is 0.0628. The summed E-state index contributed by atoms with van der Waals surface area (Å²) in [7, 11) is 0. The maximum atomic E-state index is 14.9. The Bertz CT molecular complexity index is 1040. The maximum Gasteiger partial charge on any atom is 0.131 e. The smallest absolute Gasteiger partial charge is 0.131 e. The van der Waals surface area contributed by atoms with Crippen molar-refractivity contribution in [3.05, 3.63) is 65.5 Å². The number of nitrogens with zero attached hydrogens (tertiary/aromatic N) is 2. The molecule has 0 radical (unpaired) electrons. The van der Waals surface area contributed by atoms with Crippen LogP contribution in [0.4, 0.5) is 8.78 Å². The molecule has 1 aliphatic heterocycles. The Morgan fingerprint density at radius 1 is 1.14 bits per heavy atom. The highest BCUT2D eigenvalue weighted by molar-refractivity contribution is 5.70. The first-order chi connectivity index (χ1) is 16.8. The fourth-order valence-corrected chi connectivity index (χ4v) is 4.99. The third-order valence-electron chi connectivity index (χ3n) is 7.55. The van der Waals surface area contributed by atoms with E-state index in [4.69, 9.17) is 0 Å². The monoisotopic (exact) mass is 479 g/mol. The van der Waals surface area contributed by atoms with Gasteiger partial charge < -0.3 is 10.2 Å². The fraction of sp³-hybridized carbons (Fsp3) is 0.500. The summed E-state index contributed by atoms with van der Waals surface area (Å²) in [5, 5.41) is 12.9. The summed E-state index contributed by atoms with van der Waals surface area (Å²) in [5.74, 6) is 0.262. The van der Waals surface area contributed by atoms with E-state index in [1.54, 1.807) is 12.1 Å². The van der Waals surface area contributed by atoms with E-state index in [1.165, 1.54) is 6.07 Å². The zero-order valence-electron chi connectivity index (χ0n) is 21.5. The molecule has 1 N–H and O–H groups in total. The molecule has 0 bridgehead atoms. The van der Waals surface area contributed by atoms with Crippen molar-refractivity contribution < 1.29 is 8.78 Å². The molecule has 0 amide bonds. The van der Waals surface area contributed by atoms with E-state index in [0.29, 0.717) is 47.7 Å². The van der Waals surface area contributed by atoms with Gasteiger partial charge in [0.1, 0.15) is 11.5 Å². The van der Waals surface area contributed by atoms with Crippen LogP contribution in [0.15, 0.2) is 43.0 Å². The third-order valence-corrected chi connectivity index (χ3v) is 7.55. The van der Waals surface area contributed by atoms with E-state index >= 15 is 0 Å². The lowest BCUT2D eigenvalue weighted by Gasteiger charge is -2.36. The Hall–Kier alpha value is -2.71. The standard InChI is InChI=1S/C30H39F2N3/c1-5-30(32,6-2)21-35-16-14-23(15-17-35)8-9-24-10-11-26(18-27(24)20-33)28-13-12-25(19-29(28)31)22(4)34-7-3/h10-13,18-19,23,34H,4-9,14-17,21H2,1-3H3. The molecule has 1 saturated heterocycles. The van der Waals surface area contributed by atoms with Crippen LogP contribution in [-0.2, 0) is 6.42 Å². The summed E-state index contributed by atoms with van der Waals surface area (Å²) in [6.45, 7) is 12.9. The minimum Gasteiger partial charge on any atom is -0.385 e. The molecule has 188 valence electrons. The minimum atomic E-state index is -1.07. The molecule has 35 heavy (non-hydrogen) atoms. The van der Waals surface area contributed by atoms with Crippen molar-refractivity contribution in [2.45, 2.75) is 65.0 Å². The van der Waals surface area contributed by atoms with E-state index in [0.717, 1.165) is 56.4 Å². The largest absolute Gasteiger partial charge is 0.385 e. The van der Waals surface area contributed by atoms with Gasteiger partial charge in [0.05, 0.1) is 11.6 Å². The number of likely N-dealkylation sites (tertiary alicyclic amines) is 1. The molecule has 1 heterocycles. The molecule has 0 atom stereocenters. The Morgan fingerprint density at radius 3 is 2.46 bits per heavy atom. The molecule has 5 heteroatoms. The third kappa shape index (κ3) is 6.92. The Labute approximate surface area is 209 Å². The van der Waals surface area contributed by atoms with Crippen LogP contribution in [0.2, 0.25) is 0 Å². The zero-order valence-corrected chi connectivity index (χ0v) is 21.5. The molecule has 0 aromatic heterocycles. The van der Waals surface area contributed by atoms with Crippen molar-refractivity contribution in [1.82, 2.24) is 10.2 Å². The highest BCUT2D eigenvalue weighted by Crippen LogP contribution is 2.30. The number of piperidine rings is 1. The SMILES string of the molecule is C=C(NCC)c1ccc(-c2ccc(CCC3CCN(CC(F)(CC)CC)CC3)c(C#N)c2)c(F)c1. The van der Waals surface area contributed by atoms with Gasteiger partial charge in [0, 0.05) is 24.4 Å². The average molecular weight is 480 g/mol. The van der Waals surface area contributed by atoms with E-state index < -0.39 is 5.67 Å². The van der Waals surface area contributed by atoms with Gasteiger partial charge in [0.25, 0.3) is 0 Å². The highest BCUT2D eigenvalue weighted by Gasteiger charge is 2.30. The van der Waals surface area contributed by atoms with Crippen molar-refractivity contribution in [1.29, 1.82) is 5.26 Å². The molecular formula is C30H39F2N3. The number of alkyl halides is 1. The van der Waals surface area contributed by atoms with Gasteiger partial charge in [0.15, 0.2) is 0 Å². The fourth-order valence-electron chi connectivity index (χ4n) is 4.99. The van der Waals surface area contributed by atoms with Gasteiger partial charge in [-0.15, -0.1) is 0 Å².